The van der Waals surface area contributed by atoms with Crippen molar-refractivity contribution in [2.24, 2.45) is 0 Å². The van der Waals surface area contributed by atoms with Crippen molar-refractivity contribution in [3.05, 3.63) is 5.82 Å². The zero-order valence-electron chi connectivity index (χ0n) is 10.2. The maximum Gasteiger partial charge on any atom is 0.165 e. The molecule has 0 N–H and O–H groups in total. The molecular formula is C11H19N5O. The Balaban J connectivity index is 1.63. The number of ether oxygens (including phenoxy) is 1. The van der Waals surface area contributed by atoms with Crippen LogP contribution in [0.1, 0.15) is 38.1 Å². The fraction of sp³-hybridized carbons (Fsp3) is 0.909. The third-order valence-electron chi connectivity index (χ3n) is 3.50. The van der Waals surface area contributed by atoms with E-state index >= 15 is 0 Å². The van der Waals surface area contributed by atoms with Crippen molar-refractivity contribution in [2.45, 2.75) is 44.9 Å². The van der Waals surface area contributed by atoms with Crippen LogP contribution in [-0.4, -0.2) is 50.9 Å². The van der Waals surface area contributed by atoms with Gasteiger partial charge in [0.25, 0.3) is 0 Å². The van der Waals surface area contributed by atoms with Gasteiger partial charge in [0.1, 0.15) is 0 Å². The molecule has 1 atom stereocenters. The minimum atomic E-state index is 0.369. The predicted molar refractivity (Wildman–Crippen MR) is 61.4 cm³/mol. The molecule has 0 unspecified atom stereocenters. The van der Waals surface area contributed by atoms with Gasteiger partial charge in [0.05, 0.1) is 25.3 Å². The molecule has 1 aromatic heterocycles. The summed E-state index contributed by atoms with van der Waals surface area (Å²) < 4.78 is 7.66. The SMILES string of the molecule is CC[C@@H]1CN(Cc2nnnn2C2CC2)CCO1. The van der Waals surface area contributed by atoms with E-state index in [1.807, 2.05) is 4.68 Å². The Morgan fingerprint density at radius 1 is 1.41 bits per heavy atom. The first-order chi connectivity index (χ1) is 8.36. The second-order valence-corrected chi connectivity index (χ2v) is 4.91. The Hall–Kier alpha value is -1.01. The van der Waals surface area contributed by atoms with Gasteiger partial charge in [-0.2, -0.15) is 0 Å². The summed E-state index contributed by atoms with van der Waals surface area (Å²) in [7, 11) is 0. The van der Waals surface area contributed by atoms with E-state index in [9.17, 15) is 0 Å². The minimum absolute atomic E-state index is 0.369. The van der Waals surface area contributed by atoms with Gasteiger partial charge in [-0.25, -0.2) is 4.68 Å². The number of nitrogens with zero attached hydrogens (tertiary/aromatic N) is 5. The van der Waals surface area contributed by atoms with Gasteiger partial charge < -0.3 is 4.74 Å². The smallest absolute Gasteiger partial charge is 0.165 e. The van der Waals surface area contributed by atoms with Crippen molar-refractivity contribution in [2.75, 3.05) is 19.7 Å². The van der Waals surface area contributed by atoms with Crippen LogP contribution < -0.4 is 0 Å². The third kappa shape index (κ3) is 2.47. The zero-order chi connectivity index (χ0) is 11.7. The quantitative estimate of drug-likeness (QED) is 0.768. The topological polar surface area (TPSA) is 56.1 Å². The van der Waals surface area contributed by atoms with Crippen LogP contribution >= 0.6 is 0 Å². The van der Waals surface area contributed by atoms with Gasteiger partial charge in [-0.05, 0) is 29.7 Å². The van der Waals surface area contributed by atoms with Crippen LogP contribution in [0.5, 0.6) is 0 Å². The lowest BCUT2D eigenvalue weighted by Gasteiger charge is -2.31. The van der Waals surface area contributed by atoms with Gasteiger partial charge in [0, 0.05) is 13.1 Å². The largest absolute Gasteiger partial charge is 0.376 e. The van der Waals surface area contributed by atoms with E-state index in [4.69, 9.17) is 4.74 Å². The monoisotopic (exact) mass is 237 g/mol. The highest BCUT2D eigenvalue weighted by Gasteiger charge is 2.29. The van der Waals surface area contributed by atoms with Crippen LogP contribution in [0, 0.1) is 0 Å². The normalized spacial score (nSPS) is 26.3. The van der Waals surface area contributed by atoms with Gasteiger partial charge >= 0.3 is 0 Å². The van der Waals surface area contributed by atoms with Crippen molar-refractivity contribution in [1.82, 2.24) is 25.1 Å². The van der Waals surface area contributed by atoms with Crippen molar-refractivity contribution >= 4 is 0 Å². The van der Waals surface area contributed by atoms with Gasteiger partial charge in [0.15, 0.2) is 5.82 Å². The summed E-state index contributed by atoms with van der Waals surface area (Å²) in [6, 6.07) is 0.558. The molecule has 0 amide bonds. The molecule has 1 saturated carbocycles. The Labute approximate surface area is 101 Å². The summed E-state index contributed by atoms with van der Waals surface area (Å²) in [5, 5.41) is 12.0. The number of tetrazole rings is 1. The molecule has 94 valence electrons. The van der Waals surface area contributed by atoms with Crippen LogP contribution in [0.15, 0.2) is 0 Å². The maximum atomic E-state index is 5.67. The van der Waals surface area contributed by atoms with Crippen LogP contribution in [0.25, 0.3) is 0 Å². The van der Waals surface area contributed by atoms with Crippen molar-refractivity contribution in [1.29, 1.82) is 0 Å². The molecule has 0 bridgehead atoms. The molecule has 0 spiro atoms. The van der Waals surface area contributed by atoms with E-state index in [0.717, 1.165) is 38.5 Å². The van der Waals surface area contributed by atoms with Gasteiger partial charge in [-0.1, -0.05) is 6.92 Å². The number of hydrogen-bond acceptors (Lipinski definition) is 5. The zero-order valence-corrected chi connectivity index (χ0v) is 10.2. The number of morpholine rings is 1. The van der Waals surface area contributed by atoms with Crippen LogP contribution in [0.4, 0.5) is 0 Å². The maximum absolute atomic E-state index is 5.67. The predicted octanol–water partition coefficient (Wildman–Crippen LogP) is 0.619. The first-order valence-corrected chi connectivity index (χ1v) is 6.47. The Morgan fingerprint density at radius 3 is 3.06 bits per heavy atom. The molecule has 1 saturated heterocycles. The molecule has 0 radical (unpaired) electrons. The van der Waals surface area contributed by atoms with Crippen LogP contribution in [0.2, 0.25) is 0 Å². The van der Waals surface area contributed by atoms with Crippen molar-refractivity contribution in [3.8, 4) is 0 Å². The van der Waals surface area contributed by atoms with E-state index in [2.05, 4.69) is 27.3 Å². The third-order valence-corrected chi connectivity index (χ3v) is 3.50. The summed E-state index contributed by atoms with van der Waals surface area (Å²) in [4.78, 5) is 2.39. The molecule has 6 nitrogen and oxygen atoms in total. The van der Waals surface area contributed by atoms with Gasteiger partial charge in [-0.15, -0.1) is 5.10 Å². The number of hydrogen-bond donors (Lipinski definition) is 0. The summed E-state index contributed by atoms with van der Waals surface area (Å²) in [5.41, 5.74) is 0. The highest BCUT2D eigenvalue weighted by atomic mass is 16.5. The first-order valence-electron chi connectivity index (χ1n) is 6.47. The lowest BCUT2D eigenvalue weighted by molar-refractivity contribution is -0.0335. The molecule has 2 fully saturated rings. The molecule has 17 heavy (non-hydrogen) atoms. The lowest BCUT2D eigenvalue weighted by Crippen LogP contribution is -2.42. The Morgan fingerprint density at radius 2 is 2.29 bits per heavy atom. The van der Waals surface area contributed by atoms with Crippen LogP contribution in [0.3, 0.4) is 0 Å². The summed E-state index contributed by atoms with van der Waals surface area (Å²) >= 11 is 0. The van der Waals surface area contributed by atoms with E-state index in [1.54, 1.807) is 0 Å². The second-order valence-electron chi connectivity index (χ2n) is 4.91. The van der Waals surface area contributed by atoms with Gasteiger partial charge in [0.2, 0.25) is 0 Å². The highest BCUT2D eigenvalue weighted by Crippen LogP contribution is 2.34. The number of aromatic nitrogens is 4. The molecule has 2 aliphatic rings. The lowest BCUT2D eigenvalue weighted by atomic mass is 10.2. The first kappa shape index (κ1) is 11.1. The summed E-state index contributed by atoms with van der Waals surface area (Å²) in [5.74, 6) is 1.00. The van der Waals surface area contributed by atoms with E-state index in [0.29, 0.717) is 12.1 Å². The highest BCUT2D eigenvalue weighted by molar-refractivity contribution is 4.91. The van der Waals surface area contributed by atoms with E-state index < -0.39 is 0 Å². The molecule has 1 aromatic rings. The standard InChI is InChI=1S/C11H19N5O/c1-2-10-7-15(5-6-17-10)8-11-12-13-14-16(11)9-3-4-9/h9-10H,2-8H2,1H3/t10-/m1/s1. The molecular weight excluding hydrogens is 218 g/mol. The molecule has 6 heteroatoms. The van der Waals surface area contributed by atoms with E-state index in [1.165, 1.54) is 12.8 Å². The van der Waals surface area contributed by atoms with Gasteiger partial charge in [-0.3, -0.25) is 4.90 Å². The Bertz CT molecular complexity index is 376. The molecule has 1 aliphatic heterocycles. The fourth-order valence-electron chi connectivity index (χ4n) is 2.29. The molecule has 1 aliphatic carbocycles. The minimum Gasteiger partial charge on any atom is -0.376 e. The fourth-order valence-corrected chi connectivity index (χ4v) is 2.29. The van der Waals surface area contributed by atoms with Crippen molar-refractivity contribution in [3.63, 3.8) is 0 Å². The van der Waals surface area contributed by atoms with Crippen molar-refractivity contribution < 1.29 is 4.74 Å². The molecule has 3 rings (SSSR count). The average molecular weight is 237 g/mol. The van der Waals surface area contributed by atoms with Crippen LogP contribution in [-0.2, 0) is 11.3 Å². The Kier molecular flexibility index (Phi) is 3.07. The molecule has 0 aromatic carbocycles. The van der Waals surface area contributed by atoms with E-state index in [-0.39, 0.29) is 0 Å². The summed E-state index contributed by atoms with van der Waals surface area (Å²) in [6.45, 7) is 5.82. The average Bonchev–Trinajstić information content (AvgIpc) is 3.11. The summed E-state index contributed by atoms with van der Waals surface area (Å²) in [6.07, 6.45) is 3.88. The number of rotatable bonds is 4. The molecule has 2 heterocycles. The second kappa shape index (κ2) is 4.70.